The summed E-state index contributed by atoms with van der Waals surface area (Å²) in [7, 11) is 0. The minimum Gasteiger partial charge on any atom is -0.322 e. The Kier molecular flexibility index (Phi) is 4.26. The molecular weight excluding hydrogens is 318 g/mol. The number of hydrogen-bond donors (Lipinski definition) is 2. The summed E-state index contributed by atoms with van der Waals surface area (Å²) in [4.78, 5) is 36.7. The second kappa shape index (κ2) is 6.20. The van der Waals surface area contributed by atoms with Gasteiger partial charge >= 0.3 is 6.03 Å². The highest BCUT2D eigenvalue weighted by Gasteiger charge is 2.52. The van der Waals surface area contributed by atoms with Crippen molar-refractivity contribution in [3.05, 3.63) is 34.9 Å². The molecule has 1 saturated carbocycles. The molecule has 7 heteroatoms. The SMILES string of the molecule is O=C(Cc1ccc(Cl)cc1)NN1C(=O)NC2(CCCCC2)C1=O. The summed E-state index contributed by atoms with van der Waals surface area (Å²) in [6.07, 6.45) is 4.19. The number of imide groups is 1. The number of nitrogens with zero attached hydrogens (tertiary/aromatic N) is 1. The van der Waals surface area contributed by atoms with Gasteiger partial charge < -0.3 is 5.32 Å². The Morgan fingerprint density at radius 3 is 2.48 bits per heavy atom. The van der Waals surface area contributed by atoms with Crippen LogP contribution in [0, 0.1) is 0 Å². The quantitative estimate of drug-likeness (QED) is 0.831. The fourth-order valence-electron chi connectivity index (χ4n) is 3.17. The molecule has 1 heterocycles. The van der Waals surface area contributed by atoms with Gasteiger partial charge in [-0.25, -0.2) is 4.79 Å². The van der Waals surface area contributed by atoms with Crippen LogP contribution in [0.5, 0.6) is 0 Å². The molecule has 0 aromatic heterocycles. The highest BCUT2D eigenvalue weighted by Crippen LogP contribution is 2.32. The van der Waals surface area contributed by atoms with E-state index in [1.807, 2.05) is 0 Å². The molecule has 0 unspecified atom stereocenters. The first-order valence-electron chi connectivity index (χ1n) is 7.71. The van der Waals surface area contributed by atoms with Crippen molar-refractivity contribution in [2.24, 2.45) is 0 Å². The number of nitrogens with one attached hydrogen (secondary N) is 2. The molecule has 1 aliphatic carbocycles. The average molecular weight is 336 g/mol. The van der Waals surface area contributed by atoms with Crippen LogP contribution in [0.25, 0.3) is 0 Å². The number of hydrogen-bond acceptors (Lipinski definition) is 3. The van der Waals surface area contributed by atoms with E-state index >= 15 is 0 Å². The van der Waals surface area contributed by atoms with Crippen molar-refractivity contribution >= 4 is 29.4 Å². The fourth-order valence-corrected chi connectivity index (χ4v) is 3.29. The third kappa shape index (κ3) is 3.17. The lowest BCUT2D eigenvalue weighted by Gasteiger charge is -2.30. The Labute approximate surface area is 139 Å². The number of benzene rings is 1. The lowest BCUT2D eigenvalue weighted by Crippen LogP contribution is -2.51. The molecule has 122 valence electrons. The van der Waals surface area contributed by atoms with Gasteiger partial charge in [0, 0.05) is 5.02 Å². The third-order valence-corrected chi connectivity index (χ3v) is 4.64. The first kappa shape index (κ1) is 15.8. The summed E-state index contributed by atoms with van der Waals surface area (Å²) in [5.74, 6) is -0.768. The number of carbonyl (C=O) groups is 3. The Morgan fingerprint density at radius 2 is 1.83 bits per heavy atom. The van der Waals surface area contributed by atoms with Crippen LogP contribution in [-0.4, -0.2) is 28.4 Å². The lowest BCUT2D eigenvalue weighted by atomic mass is 9.82. The molecule has 2 fully saturated rings. The molecule has 23 heavy (non-hydrogen) atoms. The molecule has 6 nitrogen and oxygen atoms in total. The van der Waals surface area contributed by atoms with E-state index in [0.29, 0.717) is 17.9 Å². The first-order valence-corrected chi connectivity index (χ1v) is 8.09. The number of urea groups is 1. The van der Waals surface area contributed by atoms with Crippen molar-refractivity contribution in [1.82, 2.24) is 15.8 Å². The van der Waals surface area contributed by atoms with Gasteiger partial charge in [0.1, 0.15) is 5.54 Å². The van der Waals surface area contributed by atoms with E-state index in [1.165, 1.54) is 0 Å². The predicted molar refractivity (Wildman–Crippen MR) is 84.5 cm³/mol. The van der Waals surface area contributed by atoms with Crippen molar-refractivity contribution in [1.29, 1.82) is 0 Å². The van der Waals surface area contributed by atoms with Crippen LogP contribution in [0.15, 0.2) is 24.3 Å². The standard InChI is InChI=1S/C16H18ClN3O3/c17-12-6-4-11(5-7-12)10-13(21)19-20-14(22)16(18-15(20)23)8-2-1-3-9-16/h4-7H,1-3,8-10H2,(H,18,23)(H,19,21). The van der Waals surface area contributed by atoms with Gasteiger partial charge in [0.25, 0.3) is 5.91 Å². The van der Waals surface area contributed by atoms with E-state index in [1.54, 1.807) is 24.3 Å². The molecule has 2 N–H and O–H groups in total. The van der Waals surface area contributed by atoms with Crippen LogP contribution in [0.2, 0.25) is 5.02 Å². The van der Waals surface area contributed by atoms with E-state index < -0.39 is 17.5 Å². The van der Waals surface area contributed by atoms with E-state index in [2.05, 4.69) is 10.7 Å². The average Bonchev–Trinajstić information content (AvgIpc) is 2.75. The minimum absolute atomic E-state index is 0.0707. The zero-order chi connectivity index (χ0) is 16.4. The van der Waals surface area contributed by atoms with E-state index in [9.17, 15) is 14.4 Å². The van der Waals surface area contributed by atoms with Crippen LogP contribution in [-0.2, 0) is 16.0 Å². The van der Waals surface area contributed by atoms with E-state index in [4.69, 9.17) is 11.6 Å². The molecule has 1 aromatic rings. The topological polar surface area (TPSA) is 78.5 Å². The van der Waals surface area contributed by atoms with Gasteiger partial charge in [-0.2, -0.15) is 5.01 Å². The smallest absolute Gasteiger partial charge is 0.322 e. The first-order chi connectivity index (χ1) is 11.0. The van der Waals surface area contributed by atoms with Crippen molar-refractivity contribution in [2.75, 3.05) is 0 Å². The Balaban J connectivity index is 1.65. The minimum atomic E-state index is -0.830. The molecule has 1 aromatic carbocycles. The van der Waals surface area contributed by atoms with Crippen LogP contribution >= 0.6 is 11.6 Å². The fraction of sp³-hybridized carbons (Fsp3) is 0.438. The summed E-state index contributed by atoms with van der Waals surface area (Å²) < 4.78 is 0. The number of amides is 4. The second-order valence-corrected chi connectivity index (χ2v) is 6.49. The maximum absolute atomic E-state index is 12.5. The monoisotopic (exact) mass is 335 g/mol. The molecule has 0 atom stereocenters. The lowest BCUT2D eigenvalue weighted by molar-refractivity contribution is -0.139. The molecule has 2 aliphatic rings. The molecule has 3 rings (SSSR count). The maximum Gasteiger partial charge on any atom is 0.344 e. The second-order valence-electron chi connectivity index (χ2n) is 6.05. The molecule has 0 radical (unpaired) electrons. The van der Waals surface area contributed by atoms with Gasteiger partial charge in [0.15, 0.2) is 0 Å². The van der Waals surface area contributed by atoms with Crippen molar-refractivity contribution in [3.8, 4) is 0 Å². The van der Waals surface area contributed by atoms with Crippen LogP contribution in [0.1, 0.15) is 37.7 Å². The summed E-state index contributed by atoms with van der Waals surface area (Å²) in [6.45, 7) is 0. The van der Waals surface area contributed by atoms with Gasteiger partial charge in [0.2, 0.25) is 5.91 Å². The number of carbonyl (C=O) groups excluding carboxylic acids is 3. The largest absolute Gasteiger partial charge is 0.344 e. The Bertz CT molecular complexity index is 638. The molecule has 1 aliphatic heterocycles. The molecule has 1 spiro atoms. The maximum atomic E-state index is 12.5. The Hall–Kier alpha value is -2.08. The normalized spacial score (nSPS) is 19.8. The highest BCUT2D eigenvalue weighted by molar-refractivity contribution is 6.30. The van der Waals surface area contributed by atoms with Crippen LogP contribution < -0.4 is 10.7 Å². The number of rotatable bonds is 3. The molecule has 4 amide bonds. The zero-order valence-corrected chi connectivity index (χ0v) is 13.4. The predicted octanol–water partition coefficient (Wildman–Crippen LogP) is 2.17. The summed E-state index contributed by atoms with van der Waals surface area (Å²) in [5.41, 5.74) is 2.34. The van der Waals surface area contributed by atoms with Gasteiger partial charge in [-0.15, -0.1) is 0 Å². The highest BCUT2D eigenvalue weighted by atomic mass is 35.5. The Morgan fingerprint density at radius 1 is 1.17 bits per heavy atom. The number of halogens is 1. The van der Waals surface area contributed by atoms with Gasteiger partial charge in [-0.05, 0) is 30.5 Å². The molecular formula is C16H18ClN3O3. The third-order valence-electron chi connectivity index (χ3n) is 4.38. The van der Waals surface area contributed by atoms with Crippen molar-refractivity contribution in [2.45, 2.75) is 44.1 Å². The number of hydrazine groups is 1. The molecule has 0 bridgehead atoms. The van der Waals surface area contributed by atoms with Crippen LogP contribution in [0.4, 0.5) is 4.79 Å². The van der Waals surface area contributed by atoms with Gasteiger partial charge in [0.05, 0.1) is 6.42 Å². The van der Waals surface area contributed by atoms with Gasteiger partial charge in [-0.1, -0.05) is 43.0 Å². The zero-order valence-electron chi connectivity index (χ0n) is 12.6. The van der Waals surface area contributed by atoms with Crippen LogP contribution in [0.3, 0.4) is 0 Å². The summed E-state index contributed by atoms with van der Waals surface area (Å²) >= 11 is 5.80. The molecule has 1 saturated heterocycles. The van der Waals surface area contributed by atoms with E-state index in [-0.39, 0.29) is 12.3 Å². The summed E-state index contributed by atoms with van der Waals surface area (Å²) in [5, 5.41) is 4.16. The van der Waals surface area contributed by atoms with Gasteiger partial charge in [-0.3, -0.25) is 15.0 Å². The van der Waals surface area contributed by atoms with Crippen molar-refractivity contribution < 1.29 is 14.4 Å². The summed E-state index contributed by atoms with van der Waals surface area (Å²) in [6, 6.07) is 6.29. The van der Waals surface area contributed by atoms with E-state index in [0.717, 1.165) is 29.8 Å². The van der Waals surface area contributed by atoms with Crippen molar-refractivity contribution in [3.63, 3.8) is 0 Å².